The van der Waals surface area contributed by atoms with E-state index in [2.05, 4.69) is 45.9 Å². The van der Waals surface area contributed by atoms with E-state index < -0.39 is 0 Å². The largest absolute Gasteiger partial charge is 0.0848 e. The van der Waals surface area contributed by atoms with E-state index >= 15 is 0 Å². The van der Waals surface area contributed by atoms with Crippen molar-refractivity contribution in [2.45, 2.75) is 91.9 Å². The van der Waals surface area contributed by atoms with Crippen LogP contribution in [0.3, 0.4) is 0 Å². The first-order valence-electron chi connectivity index (χ1n) is 13.4. The molecule has 162 valence electrons. The molecule has 0 heteroatoms. The molecule has 0 N–H and O–H groups in total. The summed E-state index contributed by atoms with van der Waals surface area (Å²) in [5.41, 5.74) is 1.96. The minimum atomic E-state index is 0.892. The molecule has 0 aromatic heterocycles. The number of hydrogen-bond acceptors (Lipinski definition) is 0. The van der Waals surface area contributed by atoms with Crippen LogP contribution < -0.4 is 0 Å². The maximum atomic E-state index is 2.76. The van der Waals surface area contributed by atoms with Gasteiger partial charge in [-0.3, -0.25) is 0 Å². The molecule has 29 heavy (non-hydrogen) atoms. The zero-order valence-electron chi connectivity index (χ0n) is 19.7. The third-order valence-corrected chi connectivity index (χ3v) is 10.8. The minimum Gasteiger partial charge on any atom is -0.0848 e. The molecule has 0 aliphatic heterocycles. The van der Waals surface area contributed by atoms with Crippen molar-refractivity contribution in [3.8, 4) is 0 Å². The Morgan fingerprint density at radius 3 is 2.34 bits per heavy atom. The van der Waals surface area contributed by atoms with Gasteiger partial charge in [0.15, 0.2) is 0 Å². The maximum absolute atomic E-state index is 2.76. The van der Waals surface area contributed by atoms with Gasteiger partial charge in [0.25, 0.3) is 0 Å². The fraction of sp³-hybridized carbons (Fsp3) is 0.862. The molecule has 11 atom stereocenters. The van der Waals surface area contributed by atoms with Gasteiger partial charge in [-0.15, -0.1) is 0 Å². The molecule has 5 aliphatic rings. The first-order chi connectivity index (χ1) is 14.0. The predicted molar refractivity (Wildman–Crippen MR) is 124 cm³/mol. The van der Waals surface area contributed by atoms with E-state index in [1.54, 1.807) is 0 Å². The molecule has 5 aliphatic carbocycles. The summed E-state index contributed by atoms with van der Waals surface area (Å²) in [6, 6.07) is 0. The molecule has 3 fully saturated rings. The Morgan fingerprint density at radius 1 is 0.759 bits per heavy atom. The zero-order chi connectivity index (χ0) is 20.1. The van der Waals surface area contributed by atoms with Crippen LogP contribution in [0.5, 0.6) is 0 Å². The highest BCUT2D eigenvalue weighted by atomic mass is 14.5. The van der Waals surface area contributed by atoms with Crippen molar-refractivity contribution >= 4 is 0 Å². The van der Waals surface area contributed by atoms with Gasteiger partial charge in [0, 0.05) is 0 Å². The van der Waals surface area contributed by atoms with Crippen LogP contribution in [0.25, 0.3) is 0 Å². The monoisotopic (exact) mass is 394 g/mol. The number of fused-ring (bicyclic) bond motifs is 2. The quantitative estimate of drug-likeness (QED) is 0.422. The lowest BCUT2D eigenvalue weighted by Crippen LogP contribution is -2.34. The summed E-state index contributed by atoms with van der Waals surface area (Å²) in [5.74, 6) is 10.4. The SMILES string of the molecule is CC1CC2C=CC(CC3CCCCC3C3=CCC4CC(C)C(C)CC34)C2CC1C. The van der Waals surface area contributed by atoms with Crippen LogP contribution in [0.1, 0.15) is 91.9 Å². The summed E-state index contributed by atoms with van der Waals surface area (Å²) >= 11 is 0. The number of allylic oxidation sites excluding steroid dienone is 4. The molecule has 0 aromatic rings. The Balaban J connectivity index is 1.28. The summed E-state index contributed by atoms with van der Waals surface area (Å²) in [6.07, 6.45) is 22.9. The molecular weight excluding hydrogens is 348 g/mol. The Hall–Kier alpha value is -0.520. The second-order valence-electron chi connectivity index (χ2n) is 12.4. The van der Waals surface area contributed by atoms with Crippen molar-refractivity contribution in [2.75, 3.05) is 0 Å². The molecule has 0 heterocycles. The summed E-state index contributed by atoms with van der Waals surface area (Å²) in [6.45, 7) is 10.1. The highest BCUT2D eigenvalue weighted by Gasteiger charge is 2.44. The fourth-order valence-electron chi connectivity index (χ4n) is 8.58. The van der Waals surface area contributed by atoms with E-state index in [4.69, 9.17) is 0 Å². The second-order valence-corrected chi connectivity index (χ2v) is 12.4. The first-order valence-corrected chi connectivity index (χ1v) is 13.4. The Bertz CT molecular complexity index is 640. The van der Waals surface area contributed by atoms with E-state index in [9.17, 15) is 0 Å². The van der Waals surface area contributed by atoms with Gasteiger partial charge in [0.05, 0.1) is 0 Å². The van der Waals surface area contributed by atoms with Gasteiger partial charge in [-0.25, -0.2) is 0 Å². The van der Waals surface area contributed by atoms with Gasteiger partial charge >= 0.3 is 0 Å². The molecular formula is C29H46. The molecule has 0 nitrogen and oxygen atoms in total. The fourth-order valence-corrected chi connectivity index (χ4v) is 8.58. The van der Waals surface area contributed by atoms with Crippen LogP contribution in [0, 0.1) is 65.1 Å². The van der Waals surface area contributed by atoms with Crippen molar-refractivity contribution in [1.82, 2.24) is 0 Å². The highest BCUT2D eigenvalue weighted by Crippen LogP contribution is 2.54. The molecule has 5 rings (SSSR count). The van der Waals surface area contributed by atoms with Crippen molar-refractivity contribution in [1.29, 1.82) is 0 Å². The second kappa shape index (κ2) is 8.20. The molecule has 0 saturated heterocycles. The van der Waals surface area contributed by atoms with Gasteiger partial charge in [0.2, 0.25) is 0 Å². The van der Waals surface area contributed by atoms with Crippen molar-refractivity contribution < 1.29 is 0 Å². The normalized spacial score (nSPS) is 52.1. The molecule has 3 saturated carbocycles. The smallest absolute Gasteiger partial charge is 0.0166 e. The summed E-state index contributed by atoms with van der Waals surface area (Å²) < 4.78 is 0. The third kappa shape index (κ3) is 3.80. The van der Waals surface area contributed by atoms with E-state index in [0.29, 0.717) is 0 Å². The Labute approximate surface area is 181 Å². The molecule has 0 spiro atoms. The lowest BCUT2D eigenvalue weighted by Gasteiger charge is -2.43. The van der Waals surface area contributed by atoms with Crippen LogP contribution in [0.15, 0.2) is 23.8 Å². The standard InChI is InChI=1S/C29H46/c1-18-13-23-9-10-25(28(23)15-20(18)3)17-22-7-5-6-8-26(22)27-12-11-24-14-19(2)21(4)16-29(24)27/h9-10,12,18-26,28-29H,5-8,11,13-17H2,1-4H3. The molecule has 11 unspecified atom stereocenters. The van der Waals surface area contributed by atoms with Gasteiger partial charge in [-0.2, -0.15) is 0 Å². The molecule has 0 radical (unpaired) electrons. The van der Waals surface area contributed by atoms with Crippen LogP contribution in [0.2, 0.25) is 0 Å². The summed E-state index contributed by atoms with van der Waals surface area (Å²) in [4.78, 5) is 0. The third-order valence-electron chi connectivity index (χ3n) is 10.8. The summed E-state index contributed by atoms with van der Waals surface area (Å²) in [5, 5.41) is 0. The predicted octanol–water partition coefficient (Wildman–Crippen LogP) is 8.30. The minimum absolute atomic E-state index is 0.892. The lowest BCUT2D eigenvalue weighted by molar-refractivity contribution is 0.113. The summed E-state index contributed by atoms with van der Waals surface area (Å²) in [7, 11) is 0. The van der Waals surface area contributed by atoms with Crippen molar-refractivity contribution in [3.05, 3.63) is 23.8 Å². The van der Waals surface area contributed by atoms with Crippen molar-refractivity contribution in [3.63, 3.8) is 0 Å². The van der Waals surface area contributed by atoms with E-state index in [-0.39, 0.29) is 0 Å². The number of hydrogen-bond donors (Lipinski definition) is 0. The molecule has 0 aromatic carbocycles. The molecule has 0 bridgehead atoms. The average molecular weight is 395 g/mol. The van der Waals surface area contributed by atoms with Crippen LogP contribution in [0.4, 0.5) is 0 Å². The maximum Gasteiger partial charge on any atom is -0.0166 e. The highest BCUT2D eigenvalue weighted by molar-refractivity contribution is 5.22. The Morgan fingerprint density at radius 2 is 1.48 bits per heavy atom. The van der Waals surface area contributed by atoms with Crippen LogP contribution in [-0.2, 0) is 0 Å². The van der Waals surface area contributed by atoms with Crippen LogP contribution in [-0.4, -0.2) is 0 Å². The Kier molecular flexibility index (Phi) is 5.76. The lowest BCUT2D eigenvalue weighted by atomic mass is 9.62. The van der Waals surface area contributed by atoms with E-state index in [1.165, 1.54) is 64.2 Å². The van der Waals surface area contributed by atoms with Gasteiger partial charge < -0.3 is 0 Å². The number of rotatable bonds is 3. The average Bonchev–Trinajstić information content (AvgIpc) is 3.27. The topological polar surface area (TPSA) is 0 Å². The molecule has 0 amide bonds. The first kappa shape index (κ1) is 20.4. The van der Waals surface area contributed by atoms with Crippen molar-refractivity contribution in [2.24, 2.45) is 65.1 Å². The zero-order valence-corrected chi connectivity index (χ0v) is 19.7. The van der Waals surface area contributed by atoms with Crippen LogP contribution >= 0.6 is 0 Å². The van der Waals surface area contributed by atoms with Gasteiger partial charge in [-0.1, -0.05) is 64.3 Å². The van der Waals surface area contributed by atoms with E-state index in [1.807, 2.05) is 5.57 Å². The van der Waals surface area contributed by atoms with Gasteiger partial charge in [0.1, 0.15) is 0 Å². The van der Waals surface area contributed by atoms with E-state index in [0.717, 1.165) is 65.1 Å². The van der Waals surface area contributed by atoms with Gasteiger partial charge in [-0.05, 0) is 116 Å².